The van der Waals surface area contributed by atoms with E-state index >= 15 is 0 Å². The van der Waals surface area contributed by atoms with Crippen molar-refractivity contribution in [2.75, 3.05) is 38.1 Å². The molecule has 4 rings (SSSR count). The van der Waals surface area contributed by atoms with Crippen LogP contribution in [0.5, 0.6) is 0 Å². The number of aromatic nitrogens is 1. The highest BCUT2D eigenvalue weighted by Gasteiger charge is 2.33. The van der Waals surface area contributed by atoms with Crippen LogP contribution in [0.4, 0.5) is 5.13 Å². The van der Waals surface area contributed by atoms with Gasteiger partial charge >= 0.3 is 0 Å². The topological polar surface area (TPSA) is 31.4 Å². The Bertz CT molecular complexity index is 496. The largest absolute Gasteiger partial charge is 0.345 e. The predicted octanol–water partition coefficient (Wildman–Crippen LogP) is 2.41. The lowest BCUT2D eigenvalue weighted by molar-refractivity contribution is 0.133. The Labute approximate surface area is 131 Å². The second-order valence-electron chi connectivity index (χ2n) is 6.74. The molecule has 1 N–H and O–H groups in total. The molecule has 0 aromatic carbocycles. The normalized spacial score (nSPS) is 26.9. The van der Waals surface area contributed by atoms with Gasteiger partial charge in [0.25, 0.3) is 0 Å². The van der Waals surface area contributed by atoms with Crippen LogP contribution in [0.1, 0.15) is 48.6 Å². The quantitative estimate of drug-likeness (QED) is 0.926. The van der Waals surface area contributed by atoms with E-state index in [0.29, 0.717) is 0 Å². The van der Waals surface area contributed by atoms with Crippen molar-refractivity contribution in [1.82, 2.24) is 15.2 Å². The standard InChI is InChI=1S/C16H26N4S/c1-17-10-14-15(12-5-6-12)18-16(21-14)20-9-8-19-7-3-2-4-13(19)11-20/h12-13,17H,2-11H2,1H3. The number of hydrogen-bond acceptors (Lipinski definition) is 5. The van der Waals surface area contributed by atoms with Crippen molar-refractivity contribution in [1.29, 1.82) is 0 Å². The zero-order chi connectivity index (χ0) is 14.2. The number of piperazine rings is 1. The lowest BCUT2D eigenvalue weighted by Crippen LogP contribution is -2.54. The number of anilines is 1. The molecule has 21 heavy (non-hydrogen) atoms. The van der Waals surface area contributed by atoms with Crippen LogP contribution < -0.4 is 10.2 Å². The maximum absolute atomic E-state index is 5.04. The Hall–Kier alpha value is -0.650. The molecular weight excluding hydrogens is 280 g/mol. The molecule has 3 heterocycles. The Morgan fingerprint density at radius 1 is 1.19 bits per heavy atom. The Balaban J connectivity index is 1.51. The number of hydrogen-bond donors (Lipinski definition) is 1. The minimum Gasteiger partial charge on any atom is -0.345 e. The van der Waals surface area contributed by atoms with E-state index in [1.165, 1.54) is 67.4 Å². The highest BCUT2D eigenvalue weighted by atomic mass is 32.1. The molecular formula is C16H26N4S. The Morgan fingerprint density at radius 3 is 2.90 bits per heavy atom. The molecule has 116 valence electrons. The zero-order valence-corrected chi connectivity index (χ0v) is 13.8. The number of nitrogens with one attached hydrogen (secondary N) is 1. The van der Waals surface area contributed by atoms with Gasteiger partial charge in [0.15, 0.2) is 5.13 Å². The number of piperidine rings is 1. The van der Waals surface area contributed by atoms with Gasteiger partial charge in [-0.2, -0.15) is 0 Å². The van der Waals surface area contributed by atoms with Crippen LogP contribution in [0, 0.1) is 0 Å². The summed E-state index contributed by atoms with van der Waals surface area (Å²) in [6.07, 6.45) is 6.87. The van der Waals surface area contributed by atoms with E-state index < -0.39 is 0 Å². The summed E-state index contributed by atoms with van der Waals surface area (Å²) in [6, 6.07) is 0.772. The first-order valence-electron chi connectivity index (χ1n) is 8.48. The number of thiazole rings is 1. The molecule has 0 radical (unpaired) electrons. The third kappa shape index (κ3) is 2.83. The molecule has 2 aliphatic heterocycles. The van der Waals surface area contributed by atoms with Crippen LogP contribution in [-0.4, -0.2) is 49.2 Å². The summed E-state index contributed by atoms with van der Waals surface area (Å²) in [4.78, 5) is 11.8. The van der Waals surface area contributed by atoms with Gasteiger partial charge in [0, 0.05) is 43.0 Å². The predicted molar refractivity (Wildman–Crippen MR) is 88.3 cm³/mol. The molecule has 4 nitrogen and oxygen atoms in total. The fraction of sp³-hybridized carbons (Fsp3) is 0.812. The van der Waals surface area contributed by atoms with Crippen molar-refractivity contribution in [3.05, 3.63) is 10.6 Å². The lowest BCUT2D eigenvalue weighted by Gasteiger charge is -2.44. The summed E-state index contributed by atoms with van der Waals surface area (Å²) in [6.45, 7) is 5.87. The number of rotatable bonds is 4. The maximum atomic E-state index is 5.04. The van der Waals surface area contributed by atoms with E-state index in [1.54, 1.807) is 0 Å². The SMILES string of the molecule is CNCc1sc(N2CCN3CCCCC3C2)nc1C1CC1. The Morgan fingerprint density at radius 2 is 2.10 bits per heavy atom. The van der Waals surface area contributed by atoms with Gasteiger partial charge in [0.1, 0.15) is 0 Å². The molecule has 2 saturated heterocycles. The first kappa shape index (κ1) is 14.0. The van der Waals surface area contributed by atoms with Gasteiger partial charge in [-0.15, -0.1) is 11.3 Å². The molecule has 0 bridgehead atoms. The molecule has 0 spiro atoms. The number of nitrogens with zero attached hydrogens (tertiary/aromatic N) is 3. The van der Waals surface area contributed by atoms with E-state index in [9.17, 15) is 0 Å². The van der Waals surface area contributed by atoms with Gasteiger partial charge < -0.3 is 10.2 Å². The second-order valence-corrected chi connectivity index (χ2v) is 7.80. The van der Waals surface area contributed by atoms with Crippen LogP contribution in [0.25, 0.3) is 0 Å². The molecule has 1 atom stereocenters. The summed E-state index contributed by atoms with van der Waals surface area (Å²) >= 11 is 1.93. The van der Waals surface area contributed by atoms with E-state index in [1.807, 2.05) is 18.4 Å². The van der Waals surface area contributed by atoms with Crippen molar-refractivity contribution < 1.29 is 0 Å². The van der Waals surface area contributed by atoms with Gasteiger partial charge in [-0.25, -0.2) is 4.98 Å². The summed E-state index contributed by atoms with van der Waals surface area (Å²) in [5.41, 5.74) is 1.40. The lowest BCUT2D eigenvalue weighted by atomic mass is 10.00. The highest BCUT2D eigenvalue weighted by molar-refractivity contribution is 7.15. The van der Waals surface area contributed by atoms with Crippen LogP contribution in [0.15, 0.2) is 0 Å². The van der Waals surface area contributed by atoms with Crippen molar-refractivity contribution in [2.45, 2.75) is 50.6 Å². The molecule has 0 amide bonds. The average Bonchev–Trinajstić information content (AvgIpc) is 3.28. The van der Waals surface area contributed by atoms with Crippen LogP contribution in [0.3, 0.4) is 0 Å². The molecule has 1 saturated carbocycles. The van der Waals surface area contributed by atoms with Gasteiger partial charge in [0.2, 0.25) is 0 Å². The third-order valence-electron chi connectivity index (χ3n) is 5.13. The summed E-state index contributed by atoms with van der Waals surface area (Å²) < 4.78 is 0. The molecule has 1 aromatic heterocycles. The van der Waals surface area contributed by atoms with Gasteiger partial charge in [0.05, 0.1) is 5.69 Å². The van der Waals surface area contributed by atoms with Gasteiger partial charge in [-0.3, -0.25) is 4.90 Å². The van der Waals surface area contributed by atoms with Crippen molar-refractivity contribution in [2.24, 2.45) is 0 Å². The zero-order valence-electron chi connectivity index (χ0n) is 13.0. The van der Waals surface area contributed by atoms with Crippen molar-refractivity contribution in [3.8, 4) is 0 Å². The van der Waals surface area contributed by atoms with E-state index in [2.05, 4.69) is 15.1 Å². The molecule has 1 aliphatic carbocycles. The first-order valence-corrected chi connectivity index (χ1v) is 9.30. The number of fused-ring (bicyclic) bond motifs is 1. The maximum Gasteiger partial charge on any atom is 0.185 e. The van der Waals surface area contributed by atoms with Crippen LogP contribution >= 0.6 is 11.3 Å². The summed E-state index contributed by atoms with van der Waals surface area (Å²) in [7, 11) is 2.04. The summed E-state index contributed by atoms with van der Waals surface area (Å²) in [5.74, 6) is 0.759. The van der Waals surface area contributed by atoms with E-state index in [4.69, 9.17) is 4.98 Å². The summed E-state index contributed by atoms with van der Waals surface area (Å²) in [5, 5.41) is 4.60. The average molecular weight is 306 g/mol. The van der Waals surface area contributed by atoms with Gasteiger partial charge in [-0.1, -0.05) is 6.42 Å². The van der Waals surface area contributed by atoms with Crippen LogP contribution in [0.2, 0.25) is 0 Å². The van der Waals surface area contributed by atoms with Crippen LogP contribution in [-0.2, 0) is 6.54 Å². The van der Waals surface area contributed by atoms with E-state index in [0.717, 1.165) is 25.0 Å². The second kappa shape index (κ2) is 5.86. The smallest absolute Gasteiger partial charge is 0.185 e. The van der Waals surface area contributed by atoms with Crippen molar-refractivity contribution in [3.63, 3.8) is 0 Å². The fourth-order valence-electron chi connectivity index (χ4n) is 3.78. The molecule has 1 unspecified atom stereocenters. The minimum absolute atomic E-state index is 0.759. The fourth-order valence-corrected chi connectivity index (χ4v) is 4.97. The molecule has 5 heteroatoms. The third-order valence-corrected chi connectivity index (χ3v) is 6.26. The first-order chi connectivity index (χ1) is 10.3. The van der Waals surface area contributed by atoms with Crippen molar-refractivity contribution >= 4 is 16.5 Å². The van der Waals surface area contributed by atoms with E-state index in [-0.39, 0.29) is 0 Å². The minimum atomic E-state index is 0.759. The Kier molecular flexibility index (Phi) is 3.90. The molecule has 3 fully saturated rings. The van der Waals surface area contributed by atoms with Gasteiger partial charge in [-0.05, 0) is 39.3 Å². The molecule has 3 aliphatic rings. The monoisotopic (exact) mass is 306 g/mol. The molecule has 1 aromatic rings. The highest BCUT2D eigenvalue weighted by Crippen LogP contribution is 2.44.